The minimum absolute atomic E-state index is 0. The van der Waals surface area contributed by atoms with Crippen molar-refractivity contribution >= 4 is 18.3 Å². The monoisotopic (exact) mass is 312 g/mol. The Bertz CT molecular complexity index is 492. The summed E-state index contributed by atoms with van der Waals surface area (Å²) >= 11 is 0. The smallest absolute Gasteiger partial charge is 0.239 e. The van der Waals surface area contributed by atoms with Gasteiger partial charge in [-0.3, -0.25) is 4.79 Å². The highest BCUT2D eigenvalue weighted by molar-refractivity contribution is 5.85. The van der Waals surface area contributed by atoms with E-state index in [1.165, 1.54) is 0 Å². The quantitative estimate of drug-likeness (QED) is 0.918. The molecule has 5 nitrogen and oxygen atoms in total. The molecule has 0 spiro atoms. The fourth-order valence-electron chi connectivity index (χ4n) is 2.71. The first kappa shape index (κ1) is 15.9. The maximum atomic E-state index is 12.2. The molecular weight excluding hydrogens is 292 g/mol. The van der Waals surface area contributed by atoms with E-state index in [2.05, 4.69) is 5.32 Å². The first-order valence-corrected chi connectivity index (χ1v) is 7.11. The van der Waals surface area contributed by atoms with Crippen LogP contribution >= 0.6 is 12.4 Å². The number of amides is 1. The van der Waals surface area contributed by atoms with Crippen molar-refractivity contribution < 1.29 is 14.3 Å². The van der Waals surface area contributed by atoms with E-state index in [4.69, 9.17) is 9.47 Å². The lowest BCUT2D eigenvalue weighted by atomic mass is 10.2. The molecule has 1 amide bonds. The molecule has 0 bridgehead atoms. The summed E-state index contributed by atoms with van der Waals surface area (Å²) in [5.74, 6) is 1.67. The Hall–Kier alpha value is -1.46. The number of halogens is 1. The Morgan fingerprint density at radius 3 is 2.86 bits per heavy atom. The topological polar surface area (TPSA) is 50.8 Å². The summed E-state index contributed by atoms with van der Waals surface area (Å²) in [5.41, 5.74) is 0. The van der Waals surface area contributed by atoms with E-state index in [0.29, 0.717) is 13.2 Å². The number of fused-ring (bicyclic) bond motifs is 1. The van der Waals surface area contributed by atoms with Crippen molar-refractivity contribution in [2.45, 2.75) is 25.0 Å². The molecule has 0 radical (unpaired) electrons. The van der Waals surface area contributed by atoms with Gasteiger partial charge in [-0.25, -0.2) is 0 Å². The van der Waals surface area contributed by atoms with Gasteiger partial charge in [0.15, 0.2) is 17.6 Å². The van der Waals surface area contributed by atoms with Crippen molar-refractivity contribution in [1.29, 1.82) is 0 Å². The summed E-state index contributed by atoms with van der Waals surface area (Å²) in [6, 6.07) is 7.59. The molecule has 1 N–H and O–H groups in total. The summed E-state index contributed by atoms with van der Waals surface area (Å²) in [4.78, 5) is 14.0. The van der Waals surface area contributed by atoms with Crippen LogP contribution in [0.15, 0.2) is 24.3 Å². The van der Waals surface area contributed by atoms with E-state index in [9.17, 15) is 4.79 Å². The summed E-state index contributed by atoms with van der Waals surface area (Å²) in [7, 11) is 1.83. The van der Waals surface area contributed by atoms with Crippen LogP contribution in [0.5, 0.6) is 11.5 Å². The molecule has 21 heavy (non-hydrogen) atoms. The Labute approximate surface area is 131 Å². The molecule has 6 heteroatoms. The van der Waals surface area contributed by atoms with Gasteiger partial charge in [-0.2, -0.15) is 0 Å². The number of likely N-dealkylation sites (N-methyl/N-ethyl adjacent to an activating group) is 1. The van der Waals surface area contributed by atoms with E-state index in [0.717, 1.165) is 30.9 Å². The fraction of sp³-hybridized carbons (Fsp3) is 0.533. The predicted molar refractivity (Wildman–Crippen MR) is 82.3 cm³/mol. The van der Waals surface area contributed by atoms with Crippen LogP contribution in [-0.4, -0.2) is 49.7 Å². The average Bonchev–Trinajstić information content (AvgIpc) is 3.00. The van der Waals surface area contributed by atoms with Crippen LogP contribution in [0, 0.1) is 0 Å². The SMILES string of the molecule is CN(CC1COc2ccccc2O1)C(=O)[C@@H]1CCCN1.Cl. The van der Waals surface area contributed by atoms with Crippen molar-refractivity contribution in [3.63, 3.8) is 0 Å². The van der Waals surface area contributed by atoms with Crippen molar-refractivity contribution in [1.82, 2.24) is 10.2 Å². The fourth-order valence-corrected chi connectivity index (χ4v) is 2.71. The molecule has 2 atom stereocenters. The van der Waals surface area contributed by atoms with E-state index in [1.807, 2.05) is 31.3 Å². The number of rotatable bonds is 3. The first-order valence-electron chi connectivity index (χ1n) is 7.11. The lowest BCUT2D eigenvalue weighted by molar-refractivity contribution is -0.133. The molecule has 3 rings (SSSR count). The maximum Gasteiger partial charge on any atom is 0.239 e. The second-order valence-corrected chi connectivity index (χ2v) is 5.37. The van der Waals surface area contributed by atoms with E-state index >= 15 is 0 Å². The first-order chi connectivity index (χ1) is 9.74. The van der Waals surface area contributed by atoms with Gasteiger partial charge in [-0.05, 0) is 31.5 Å². The molecule has 1 unspecified atom stereocenters. The number of carbonyl (C=O) groups excluding carboxylic acids is 1. The molecule has 2 heterocycles. The summed E-state index contributed by atoms with van der Waals surface area (Å²) < 4.78 is 11.5. The predicted octanol–water partition coefficient (Wildman–Crippen LogP) is 1.46. The molecular formula is C15H21ClN2O3. The molecule has 116 valence electrons. The Morgan fingerprint density at radius 1 is 1.38 bits per heavy atom. The van der Waals surface area contributed by atoms with Crippen LogP contribution in [0.25, 0.3) is 0 Å². The van der Waals surface area contributed by atoms with Gasteiger partial charge in [-0.15, -0.1) is 12.4 Å². The number of ether oxygens (including phenoxy) is 2. The number of nitrogens with one attached hydrogen (secondary N) is 1. The van der Waals surface area contributed by atoms with Gasteiger partial charge >= 0.3 is 0 Å². The lowest BCUT2D eigenvalue weighted by Crippen LogP contribution is -2.47. The number of para-hydroxylation sites is 2. The summed E-state index contributed by atoms with van der Waals surface area (Å²) in [6.07, 6.45) is 1.88. The Kier molecular flexibility index (Phi) is 5.31. The number of hydrogen-bond donors (Lipinski definition) is 1. The molecule has 0 saturated carbocycles. The van der Waals surface area contributed by atoms with Crippen molar-refractivity contribution in [3.05, 3.63) is 24.3 Å². The van der Waals surface area contributed by atoms with Crippen molar-refractivity contribution in [2.75, 3.05) is 26.7 Å². The molecule has 0 aliphatic carbocycles. The van der Waals surface area contributed by atoms with E-state index in [-0.39, 0.29) is 30.5 Å². The number of hydrogen-bond acceptors (Lipinski definition) is 4. The standard InChI is InChI=1S/C15H20N2O3.ClH/c1-17(15(18)12-5-4-8-16-12)9-11-10-19-13-6-2-3-7-14(13)20-11;/h2-3,6-7,11-12,16H,4-5,8-10H2,1H3;1H/t11?,12-;/m0./s1. The molecule has 0 aromatic heterocycles. The third-order valence-corrected chi connectivity index (χ3v) is 3.78. The minimum Gasteiger partial charge on any atom is -0.486 e. The molecule has 1 saturated heterocycles. The van der Waals surface area contributed by atoms with Gasteiger partial charge < -0.3 is 19.7 Å². The van der Waals surface area contributed by atoms with Gasteiger partial charge in [-0.1, -0.05) is 12.1 Å². The number of benzene rings is 1. The zero-order valence-electron chi connectivity index (χ0n) is 12.1. The maximum absolute atomic E-state index is 12.2. The molecule has 1 aromatic rings. The van der Waals surface area contributed by atoms with Crippen LogP contribution in [0.1, 0.15) is 12.8 Å². The van der Waals surface area contributed by atoms with E-state index < -0.39 is 0 Å². The highest BCUT2D eigenvalue weighted by atomic mass is 35.5. The highest BCUT2D eigenvalue weighted by Gasteiger charge is 2.28. The molecule has 2 aliphatic rings. The Morgan fingerprint density at radius 2 is 2.14 bits per heavy atom. The largest absolute Gasteiger partial charge is 0.486 e. The summed E-state index contributed by atoms with van der Waals surface area (Å²) in [5, 5.41) is 3.23. The third-order valence-electron chi connectivity index (χ3n) is 3.78. The lowest BCUT2D eigenvalue weighted by Gasteiger charge is -2.30. The van der Waals surface area contributed by atoms with Gasteiger partial charge in [0.25, 0.3) is 0 Å². The number of nitrogens with zero attached hydrogens (tertiary/aromatic N) is 1. The van der Waals surface area contributed by atoms with Crippen molar-refractivity contribution in [2.24, 2.45) is 0 Å². The summed E-state index contributed by atoms with van der Waals surface area (Å²) in [6.45, 7) is 1.96. The van der Waals surface area contributed by atoms with E-state index in [1.54, 1.807) is 4.90 Å². The van der Waals surface area contributed by atoms with Crippen LogP contribution in [0.2, 0.25) is 0 Å². The van der Waals surface area contributed by atoms with Crippen LogP contribution in [0.3, 0.4) is 0 Å². The second kappa shape index (κ2) is 7.00. The number of carbonyl (C=O) groups is 1. The van der Waals surface area contributed by atoms with Crippen LogP contribution in [0.4, 0.5) is 0 Å². The van der Waals surface area contributed by atoms with Gasteiger partial charge in [0.2, 0.25) is 5.91 Å². The highest BCUT2D eigenvalue weighted by Crippen LogP contribution is 2.30. The van der Waals surface area contributed by atoms with Crippen LogP contribution < -0.4 is 14.8 Å². The molecule has 2 aliphatic heterocycles. The molecule has 1 fully saturated rings. The van der Waals surface area contributed by atoms with Gasteiger partial charge in [0, 0.05) is 7.05 Å². The van der Waals surface area contributed by atoms with Crippen LogP contribution in [-0.2, 0) is 4.79 Å². The molecule has 1 aromatic carbocycles. The van der Waals surface area contributed by atoms with Crippen molar-refractivity contribution in [3.8, 4) is 11.5 Å². The average molecular weight is 313 g/mol. The zero-order chi connectivity index (χ0) is 13.9. The zero-order valence-corrected chi connectivity index (χ0v) is 12.9. The van der Waals surface area contributed by atoms with Gasteiger partial charge in [0.05, 0.1) is 12.6 Å². The third kappa shape index (κ3) is 3.60. The second-order valence-electron chi connectivity index (χ2n) is 5.37. The normalized spacial score (nSPS) is 23.3. The van der Waals surface area contributed by atoms with Gasteiger partial charge in [0.1, 0.15) is 6.61 Å². The Balaban J connectivity index is 0.00000161. The minimum atomic E-state index is -0.111.